The summed E-state index contributed by atoms with van der Waals surface area (Å²) in [6.45, 7) is 0. The summed E-state index contributed by atoms with van der Waals surface area (Å²) in [7, 11) is 0. The van der Waals surface area contributed by atoms with E-state index in [0.29, 0.717) is 22.4 Å². The van der Waals surface area contributed by atoms with Gasteiger partial charge in [-0.3, -0.25) is 0 Å². The van der Waals surface area contributed by atoms with Gasteiger partial charge in [0.15, 0.2) is 11.5 Å². The maximum atomic E-state index is 13.4. The number of hydrazine groups is 1. The van der Waals surface area contributed by atoms with E-state index in [0.717, 1.165) is 6.07 Å². The van der Waals surface area contributed by atoms with Crippen LogP contribution in [0.4, 0.5) is 10.2 Å². The molecular weight excluding hydrogens is 391 g/mol. The molecule has 0 unspecified atom stereocenters. The van der Waals surface area contributed by atoms with Gasteiger partial charge in [0.1, 0.15) is 18.2 Å². The molecular formula is C17H18ClFN6O3. The van der Waals surface area contributed by atoms with Crippen LogP contribution in [0, 0.1) is 11.7 Å². The van der Waals surface area contributed by atoms with Gasteiger partial charge in [0, 0.05) is 5.92 Å². The highest BCUT2D eigenvalue weighted by Gasteiger charge is 2.46. The van der Waals surface area contributed by atoms with Crippen molar-refractivity contribution in [2.45, 2.75) is 30.8 Å². The Kier molecular flexibility index (Phi) is 4.89. The van der Waals surface area contributed by atoms with Crippen LogP contribution in [-0.4, -0.2) is 47.3 Å². The van der Waals surface area contributed by atoms with E-state index < -0.39 is 36.1 Å². The lowest BCUT2D eigenvalue weighted by molar-refractivity contribution is -0.0271. The average molecular weight is 409 g/mol. The van der Waals surface area contributed by atoms with Crippen molar-refractivity contribution >= 4 is 28.5 Å². The molecule has 3 aromatic rings. The standard InChI is InChI=1S/C17H18ClFN6O3/c18-10-3-7(1-2-11(10)19)13(26)8-4-12(15(28)14(8)27)25-17-9(5-23-25)16(24-20)21-6-22-17/h1-3,5-6,8,12-15,26-28H,4,20H2,(H,21,22,24)/t8-,12-,13-,14-,15+/m1/s1. The van der Waals surface area contributed by atoms with E-state index in [-0.39, 0.29) is 11.4 Å². The summed E-state index contributed by atoms with van der Waals surface area (Å²) in [5.74, 6) is 4.50. The fraction of sp³-hybridized carbons (Fsp3) is 0.353. The highest BCUT2D eigenvalue weighted by Crippen LogP contribution is 2.43. The first kappa shape index (κ1) is 19.0. The number of benzene rings is 1. The van der Waals surface area contributed by atoms with E-state index in [1.165, 1.54) is 29.3 Å². The van der Waals surface area contributed by atoms with E-state index in [2.05, 4.69) is 20.5 Å². The number of nitrogens with zero attached hydrogens (tertiary/aromatic N) is 4. The lowest BCUT2D eigenvalue weighted by Gasteiger charge is -2.22. The van der Waals surface area contributed by atoms with Crippen molar-refractivity contribution in [1.29, 1.82) is 0 Å². The molecule has 0 amide bonds. The summed E-state index contributed by atoms with van der Waals surface area (Å²) < 4.78 is 14.9. The van der Waals surface area contributed by atoms with Gasteiger partial charge in [-0.1, -0.05) is 17.7 Å². The first-order valence-electron chi connectivity index (χ1n) is 8.56. The van der Waals surface area contributed by atoms with Gasteiger partial charge < -0.3 is 20.7 Å². The number of aliphatic hydroxyl groups excluding tert-OH is 3. The zero-order chi connectivity index (χ0) is 20.0. The Morgan fingerprint density at radius 1 is 1.29 bits per heavy atom. The average Bonchev–Trinajstić information content (AvgIpc) is 3.25. The fourth-order valence-electron chi connectivity index (χ4n) is 3.76. The van der Waals surface area contributed by atoms with Gasteiger partial charge >= 0.3 is 0 Å². The molecule has 1 aliphatic rings. The first-order valence-corrected chi connectivity index (χ1v) is 8.94. The minimum Gasteiger partial charge on any atom is -0.390 e. The maximum Gasteiger partial charge on any atom is 0.163 e. The highest BCUT2D eigenvalue weighted by molar-refractivity contribution is 6.30. The van der Waals surface area contributed by atoms with Crippen molar-refractivity contribution in [2.75, 3.05) is 5.43 Å². The van der Waals surface area contributed by atoms with Crippen LogP contribution < -0.4 is 11.3 Å². The number of anilines is 1. The molecule has 148 valence electrons. The van der Waals surface area contributed by atoms with E-state index in [9.17, 15) is 19.7 Å². The molecule has 0 spiro atoms. The molecule has 2 heterocycles. The van der Waals surface area contributed by atoms with Crippen molar-refractivity contribution < 1.29 is 19.7 Å². The minimum atomic E-state index is -1.22. The molecule has 0 radical (unpaired) electrons. The van der Waals surface area contributed by atoms with Crippen LogP contribution in [-0.2, 0) is 0 Å². The molecule has 2 aromatic heterocycles. The van der Waals surface area contributed by atoms with E-state index in [1.807, 2.05) is 0 Å². The Morgan fingerprint density at radius 2 is 2.07 bits per heavy atom. The summed E-state index contributed by atoms with van der Waals surface area (Å²) in [6, 6.07) is 3.22. The Morgan fingerprint density at radius 3 is 2.79 bits per heavy atom. The molecule has 28 heavy (non-hydrogen) atoms. The van der Waals surface area contributed by atoms with Crippen LogP contribution in [0.2, 0.25) is 5.02 Å². The van der Waals surface area contributed by atoms with Crippen molar-refractivity contribution in [1.82, 2.24) is 19.7 Å². The largest absolute Gasteiger partial charge is 0.390 e. The Balaban J connectivity index is 1.65. The lowest BCUT2D eigenvalue weighted by atomic mass is 9.92. The van der Waals surface area contributed by atoms with Gasteiger partial charge in [-0.15, -0.1) is 0 Å². The summed E-state index contributed by atoms with van der Waals surface area (Å²) in [5, 5.41) is 36.5. The highest BCUT2D eigenvalue weighted by atomic mass is 35.5. The summed E-state index contributed by atoms with van der Waals surface area (Å²) >= 11 is 5.79. The monoisotopic (exact) mass is 408 g/mol. The summed E-state index contributed by atoms with van der Waals surface area (Å²) in [5.41, 5.74) is 3.23. The fourth-order valence-corrected chi connectivity index (χ4v) is 3.95. The number of hydrogen-bond acceptors (Lipinski definition) is 8. The van der Waals surface area contributed by atoms with Crippen LogP contribution >= 0.6 is 11.6 Å². The maximum absolute atomic E-state index is 13.4. The van der Waals surface area contributed by atoms with E-state index in [4.69, 9.17) is 17.4 Å². The Hall–Kier alpha value is -2.37. The SMILES string of the molecule is NNc1ncnc2c1cnn2[C@@H]1C[C@H]([C@H](O)c2ccc(F)c(Cl)c2)[C@@H](O)[C@H]1O. The zero-order valence-corrected chi connectivity index (χ0v) is 15.2. The first-order chi connectivity index (χ1) is 13.4. The van der Waals surface area contributed by atoms with Gasteiger partial charge in [0.05, 0.1) is 34.9 Å². The lowest BCUT2D eigenvalue weighted by Crippen LogP contribution is -2.31. The van der Waals surface area contributed by atoms with E-state index in [1.54, 1.807) is 0 Å². The quantitative estimate of drug-likeness (QED) is 0.317. The van der Waals surface area contributed by atoms with Crippen LogP contribution in [0.3, 0.4) is 0 Å². The number of fused-ring (bicyclic) bond motifs is 1. The third kappa shape index (κ3) is 2.99. The molecule has 1 aliphatic carbocycles. The number of nitrogens with two attached hydrogens (primary N) is 1. The summed E-state index contributed by atoms with van der Waals surface area (Å²) in [6.07, 6.45) is -0.539. The van der Waals surface area contributed by atoms with Crippen LogP contribution in [0.5, 0.6) is 0 Å². The minimum absolute atomic E-state index is 0.127. The van der Waals surface area contributed by atoms with Crippen LogP contribution in [0.1, 0.15) is 24.1 Å². The normalized spacial score (nSPS) is 25.9. The molecule has 1 fully saturated rings. The number of hydrogen-bond donors (Lipinski definition) is 5. The summed E-state index contributed by atoms with van der Waals surface area (Å²) in [4.78, 5) is 8.18. The van der Waals surface area contributed by atoms with Crippen molar-refractivity contribution in [3.63, 3.8) is 0 Å². The molecule has 0 aliphatic heterocycles. The van der Waals surface area contributed by atoms with Gasteiger partial charge in [0.25, 0.3) is 0 Å². The van der Waals surface area contributed by atoms with Crippen molar-refractivity contribution in [3.8, 4) is 0 Å². The van der Waals surface area contributed by atoms with Crippen molar-refractivity contribution in [2.24, 2.45) is 11.8 Å². The topological polar surface area (TPSA) is 142 Å². The molecule has 11 heteroatoms. The predicted octanol–water partition coefficient (Wildman–Crippen LogP) is 0.921. The number of halogens is 2. The van der Waals surface area contributed by atoms with Gasteiger partial charge in [-0.05, 0) is 24.1 Å². The second-order valence-corrected chi connectivity index (χ2v) is 7.17. The number of rotatable bonds is 4. The molecule has 4 rings (SSSR count). The molecule has 9 nitrogen and oxygen atoms in total. The number of nitrogen functional groups attached to an aromatic ring is 1. The van der Waals surface area contributed by atoms with Crippen LogP contribution in [0.25, 0.3) is 11.0 Å². The number of aromatic nitrogens is 4. The second-order valence-electron chi connectivity index (χ2n) is 6.76. The third-order valence-corrected chi connectivity index (χ3v) is 5.52. The van der Waals surface area contributed by atoms with Gasteiger partial charge in [0.2, 0.25) is 0 Å². The predicted molar refractivity (Wildman–Crippen MR) is 98.7 cm³/mol. The number of nitrogens with one attached hydrogen (secondary N) is 1. The third-order valence-electron chi connectivity index (χ3n) is 5.23. The molecule has 1 saturated carbocycles. The van der Waals surface area contributed by atoms with E-state index >= 15 is 0 Å². The Bertz CT molecular complexity index is 1020. The Labute approximate surface area is 163 Å². The molecule has 0 saturated heterocycles. The number of aliphatic hydroxyl groups is 3. The van der Waals surface area contributed by atoms with Gasteiger partial charge in [-0.2, -0.15) is 5.10 Å². The van der Waals surface area contributed by atoms with Gasteiger partial charge in [-0.25, -0.2) is 24.9 Å². The molecule has 5 atom stereocenters. The smallest absolute Gasteiger partial charge is 0.163 e. The molecule has 6 N–H and O–H groups in total. The molecule has 0 bridgehead atoms. The zero-order valence-electron chi connectivity index (χ0n) is 14.4. The van der Waals surface area contributed by atoms with Crippen molar-refractivity contribution in [3.05, 3.63) is 47.1 Å². The second kappa shape index (κ2) is 7.22. The van der Waals surface area contributed by atoms with Crippen LogP contribution in [0.15, 0.2) is 30.7 Å². The molecule has 1 aromatic carbocycles.